The lowest BCUT2D eigenvalue weighted by Gasteiger charge is -2.15. The molecule has 0 spiro atoms. The van der Waals surface area contributed by atoms with E-state index in [9.17, 15) is 0 Å². The molecular weight excluding hydrogens is 178 g/mol. The molecule has 0 unspecified atom stereocenters. The van der Waals surface area contributed by atoms with Crippen LogP contribution < -0.4 is 10.2 Å². The number of rotatable bonds is 5. The number of anilines is 1. The van der Waals surface area contributed by atoms with Crippen molar-refractivity contribution in [3.63, 3.8) is 0 Å². The molecule has 0 aliphatic rings. The van der Waals surface area contributed by atoms with E-state index in [1.807, 2.05) is 14.0 Å². The van der Waals surface area contributed by atoms with Gasteiger partial charge in [-0.2, -0.15) is 4.98 Å². The van der Waals surface area contributed by atoms with Gasteiger partial charge in [0.05, 0.1) is 6.04 Å². The Labute approximate surface area is 84.9 Å². The van der Waals surface area contributed by atoms with Crippen molar-refractivity contribution < 1.29 is 0 Å². The van der Waals surface area contributed by atoms with Crippen molar-refractivity contribution in [3.8, 4) is 0 Å². The molecule has 0 fully saturated rings. The minimum Gasteiger partial charge on any atom is -0.340 e. The second kappa shape index (κ2) is 4.95. The summed E-state index contributed by atoms with van der Waals surface area (Å²) in [5.41, 5.74) is 0. The number of nitrogens with zero attached hydrogens (tertiary/aromatic N) is 3. The van der Waals surface area contributed by atoms with E-state index in [4.69, 9.17) is 0 Å². The Morgan fingerprint density at radius 2 is 2.07 bits per heavy atom. The van der Waals surface area contributed by atoms with Crippen molar-refractivity contribution >= 4 is 5.95 Å². The summed E-state index contributed by atoms with van der Waals surface area (Å²) in [6.07, 6.45) is 0. The maximum atomic E-state index is 4.42. The van der Waals surface area contributed by atoms with Gasteiger partial charge in [-0.1, -0.05) is 0 Å². The summed E-state index contributed by atoms with van der Waals surface area (Å²) in [4.78, 5) is 6.53. The van der Waals surface area contributed by atoms with Crippen LogP contribution in [0.1, 0.15) is 32.6 Å². The lowest BCUT2D eigenvalue weighted by Crippen LogP contribution is -2.23. The molecule has 1 heterocycles. The normalized spacial score (nSPS) is 12.9. The predicted octanol–water partition coefficient (Wildman–Crippen LogP) is 0.931. The summed E-state index contributed by atoms with van der Waals surface area (Å²) >= 11 is 0. The van der Waals surface area contributed by atoms with Gasteiger partial charge < -0.3 is 10.2 Å². The summed E-state index contributed by atoms with van der Waals surface area (Å²) in [6.45, 7) is 8.11. The Morgan fingerprint density at radius 3 is 2.57 bits per heavy atom. The number of aromatic amines is 1. The Bertz CT molecular complexity index is 266. The Balaban J connectivity index is 2.76. The van der Waals surface area contributed by atoms with Gasteiger partial charge in [0.1, 0.15) is 5.82 Å². The molecule has 1 atom stereocenters. The molecule has 1 rings (SSSR count). The lowest BCUT2D eigenvalue weighted by atomic mass is 10.3. The van der Waals surface area contributed by atoms with Gasteiger partial charge in [-0.15, -0.1) is 5.10 Å². The Morgan fingerprint density at radius 1 is 1.43 bits per heavy atom. The van der Waals surface area contributed by atoms with E-state index in [2.05, 4.69) is 39.2 Å². The zero-order valence-corrected chi connectivity index (χ0v) is 9.33. The van der Waals surface area contributed by atoms with Crippen molar-refractivity contribution in [2.75, 3.05) is 25.0 Å². The molecule has 1 aromatic heterocycles. The highest BCUT2D eigenvalue weighted by atomic mass is 15.4. The first-order valence-electron chi connectivity index (χ1n) is 5.07. The smallest absolute Gasteiger partial charge is 0.244 e. The van der Waals surface area contributed by atoms with Crippen LogP contribution in [0.5, 0.6) is 0 Å². The molecule has 0 aliphatic heterocycles. The minimum atomic E-state index is 0.215. The van der Waals surface area contributed by atoms with Gasteiger partial charge >= 0.3 is 0 Å². The fourth-order valence-corrected chi connectivity index (χ4v) is 1.24. The van der Waals surface area contributed by atoms with Crippen LogP contribution in [0.4, 0.5) is 5.95 Å². The van der Waals surface area contributed by atoms with E-state index in [0.717, 1.165) is 24.9 Å². The lowest BCUT2D eigenvalue weighted by molar-refractivity contribution is 0.613. The van der Waals surface area contributed by atoms with Crippen molar-refractivity contribution in [2.24, 2.45) is 0 Å². The van der Waals surface area contributed by atoms with E-state index in [1.165, 1.54) is 0 Å². The highest BCUT2D eigenvalue weighted by molar-refractivity contribution is 5.28. The summed E-state index contributed by atoms with van der Waals surface area (Å²) in [7, 11) is 1.91. The highest BCUT2D eigenvalue weighted by Gasteiger charge is 2.11. The zero-order valence-electron chi connectivity index (χ0n) is 9.33. The summed E-state index contributed by atoms with van der Waals surface area (Å²) in [6, 6.07) is 0.215. The standard InChI is InChI=1S/C9H19N5/c1-5-14(6-2)9-11-8(12-13-9)7(3)10-4/h7,10H,5-6H2,1-4H3,(H,11,12,13)/t7-/m1/s1. The fourth-order valence-electron chi connectivity index (χ4n) is 1.24. The molecule has 0 bridgehead atoms. The topological polar surface area (TPSA) is 56.8 Å². The van der Waals surface area contributed by atoms with Crippen LogP contribution in [0.15, 0.2) is 0 Å². The van der Waals surface area contributed by atoms with Crippen molar-refractivity contribution in [2.45, 2.75) is 26.8 Å². The number of H-pyrrole nitrogens is 1. The van der Waals surface area contributed by atoms with E-state index in [-0.39, 0.29) is 6.04 Å². The third-order valence-electron chi connectivity index (χ3n) is 2.38. The molecule has 0 saturated carbocycles. The molecule has 0 saturated heterocycles. The average Bonchev–Trinajstić information content (AvgIpc) is 2.68. The molecule has 14 heavy (non-hydrogen) atoms. The second-order valence-electron chi connectivity index (χ2n) is 3.20. The van der Waals surface area contributed by atoms with Crippen LogP contribution in [0.25, 0.3) is 0 Å². The van der Waals surface area contributed by atoms with Crippen LogP contribution in [0, 0.1) is 0 Å². The average molecular weight is 197 g/mol. The minimum absolute atomic E-state index is 0.215. The fraction of sp³-hybridized carbons (Fsp3) is 0.778. The molecule has 5 heteroatoms. The largest absolute Gasteiger partial charge is 0.340 e. The van der Waals surface area contributed by atoms with Gasteiger partial charge in [0.2, 0.25) is 5.95 Å². The number of aromatic nitrogens is 3. The molecule has 80 valence electrons. The highest BCUT2D eigenvalue weighted by Crippen LogP contribution is 2.10. The van der Waals surface area contributed by atoms with Gasteiger partial charge in [-0.05, 0) is 27.8 Å². The zero-order chi connectivity index (χ0) is 10.6. The SMILES string of the molecule is CCN(CC)c1n[nH]c([C@@H](C)NC)n1. The first kappa shape index (κ1) is 11.0. The summed E-state index contributed by atoms with van der Waals surface area (Å²) in [5.74, 6) is 1.67. The predicted molar refractivity (Wildman–Crippen MR) is 57.4 cm³/mol. The van der Waals surface area contributed by atoms with Gasteiger partial charge in [-0.3, -0.25) is 5.10 Å². The van der Waals surface area contributed by atoms with Gasteiger partial charge in [0.15, 0.2) is 0 Å². The van der Waals surface area contributed by atoms with E-state index >= 15 is 0 Å². The molecule has 1 aromatic rings. The van der Waals surface area contributed by atoms with E-state index in [0.29, 0.717) is 0 Å². The van der Waals surface area contributed by atoms with Gasteiger partial charge in [-0.25, -0.2) is 0 Å². The molecule has 0 radical (unpaired) electrons. The third kappa shape index (κ3) is 2.23. The van der Waals surface area contributed by atoms with Crippen LogP contribution in [-0.4, -0.2) is 35.3 Å². The van der Waals surface area contributed by atoms with E-state index < -0.39 is 0 Å². The first-order chi connectivity index (χ1) is 6.72. The Kier molecular flexibility index (Phi) is 3.88. The maximum absolute atomic E-state index is 4.42. The van der Waals surface area contributed by atoms with Crippen LogP contribution >= 0.6 is 0 Å². The first-order valence-corrected chi connectivity index (χ1v) is 5.07. The maximum Gasteiger partial charge on any atom is 0.244 e. The molecule has 5 nitrogen and oxygen atoms in total. The van der Waals surface area contributed by atoms with Gasteiger partial charge in [0, 0.05) is 13.1 Å². The second-order valence-corrected chi connectivity index (χ2v) is 3.20. The number of nitrogens with one attached hydrogen (secondary N) is 2. The number of hydrogen-bond donors (Lipinski definition) is 2. The molecule has 0 aromatic carbocycles. The summed E-state index contributed by atoms with van der Waals surface area (Å²) in [5, 5.41) is 10.2. The van der Waals surface area contributed by atoms with E-state index in [1.54, 1.807) is 0 Å². The molecule has 0 amide bonds. The van der Waals surface area contributed by atoms with Crippen molar-refractivity contribution in [3.05, 3.63) is 5.82 Å². The van der Waals surface area contributed by atoms with Crippen LogP contribution in [0.3, 0.4) is 0 Å². The van der Waals surface area contributed by atoms with Crippen LogP contribution in [0.2, 0.25) is 0 Å². The van der Waals surface area contributed by atoms with Crippen LogP contribution in [-0.2, 0) is 0 Å². The Hall–Kier alpha value is -1.10. The molecule has 0 aliphatic carbocycles. The number of hydrogen-bond acceptors (Lipinski definition) is 4. The third-order valence-corrected chi connectivity index (χ3v) is 2.38. The molecule has 2 N–H and O–H groups in total. The quantitative estimate of drug-likeness (QED) is 0.737. The summed E-state index contributed by atoms with van der Waals surface area (Å²) < 4.78 is 0. The van der Waals surface area contributed by atoms with Gasteiger partial charge in [0.25, 0.3) is 0 Å². The molecular formula is C9H19N5. The van der Waals surface area contributed by atoms with Crippen molar-refractivity contribution in [1.82, 2.24) is 20.5 Å². The monoisotopic (exact) mass is 197 g/mol. The van der Waals surface area contributed by atoms with Crippen molar-refractivity contribution in [1.29, 1.82) is 0 Å².